The normalized spacial score (nSPS) is 15.3. The predicted octanol–water partition coefficient (Wildman–Crippen LogP) is 3.69. The van der Waals surface area contributed by atoms with Crippen molar-refractivity contribution in [2.24, 2.45) is 0 Å². The number of aromatic nitrogens is 2. The van der Waals surface area contributed by atoms with E-state index in [-0.39, 0.29) is 5.91 Å². The van der Waals surface area contributed by atoms with Gasteiger partial charge in [-0.15, -0.1) is 5.10 Å². The smallest absolute Gasteiger partial charge is 0.315 e. The molecule has 0 saturated heterocycles. The van der Waals surface area contributed by atoms with Crippen molar-refractivity contribution in [3.63, 3.8) is 0 Å². The number of benzene rings is 1. The van der Waals surface area contributed by atoms with Crippen LogP contribution in [0, 0.1) is 0 Å². The van der Waals surface area contributed by atoms with E-state index >= 15 is 0 Å². The number of hydrogen-bond donors (Lipinski definition) is 2. The zero-order chi connectivity index (χ0) is 16.1. The molecule has 1 fully saturated rings. The summed E-state index contributed by atoms with van der Waals surface area (Å²) in [7, 11) is 0. The Morgan fingerprint density at radius 3 is 2.78 bits per heavy atom. The maximum absolute atomic E-state index is 11.2. The molecule has 0 atom stereocenters. The maximum Gasteiger partial charge on any atom is 0.315 e. The topological polar surface area (TPSA) is 80.0 Å². The summed E-state index contributed by atoms with van der Waals surface area (Å²) in [6.07, 6.45) is 6.04. The third kappa shape index (κ3) is 4.09. The second-order valence-electron chi connectivity index (χ2n) is 5.97. The summed E-state index contributed by atoms with van der Waals surface area (Å²) in [4.78, 5) is 11.2. The van der Waals surface area contributed by atoms with Crippen LogP contribution in [0.15, 0.2) is 28.7 Å². The van der Waals surface area contributed by atoms with Crippen LogP contribution >= 0.6 is 0 Å². The fourth-order valence-corrected chi connectivity index (χ4v) is 2.98. The summed E-state index contributed by atoms with van der Waals surface area (Å²) >= 11 is 0. The molecule has 1 heterocycles. The van der Waals surface area contributed by atoms with Gasteiger partial charge >= 0.3 is 6.01 Å². The van der Waals surface area contributed by atoms with E-state index in [2.05, 4.69) is 20.8 Å². The third-order valence-electron chi connectivity index (χ3n) is 4.15. The Hall–Kier alpha value is -2.37. The van der Waals surface area contributed by atoms with Crippen LogP contribution in [-0.2, 0) is 11.3 Å². The number of amides is 1. The highest BCUT2D eigenvalue weighted by molar-refractivity contribution is 5.89. The van der Waals surface area contributed by atoms with Gasteiger partial charge < -0.3 is 15.1 Å². The number of hydrogen-bond acceptors (Lipinski definition) is 5. The monoisotopic (exact) mass is 314 g/mol. The molecule has 6 heteroatoms. The average Bonchev–Trinajstić information content (AvgIpc) is 3.03. The van der Waals surface area contributed by atoms with Gasteiger partial charge in [-0.3, -0.25) is 4.79 Å². The molecule has 6 nitrogen and oxygen atoms in total. The summed E-state index contributed by atoms with van der Waals surface area (Å²) in [6, 6.07) is 8.09. The molecule has 1 aromatic heterocycles. The summed E-state index contributed by atoms with van der Waals surface area (Å²) in [5.41, 5.74) is 1.76. The molecule has 2 N–H and O–H groups in total. The molecule has 3 rings (SSSR count). The Labute approximate surface area is 135 Å². The van der Waals surface area contributed by atoms with Gasteiger partial charge in [-0.2, -0.15) is 0 Å². The molecule has 1 aliphatic carbocycles. The van der Waals surface area contributed by atoms with Crippen LogP contribution in [0.25, 0.3) is 0 Å². The van der Waals surface area contributed by atoms with Crippen LogP contribution in [0.2, 0.25) is 0 Å². The van der Waals surface area contributed by atoms with Crippen LogP contribution in [0.3, 0.4) is 0 Å². The van der Waals surface area contributed by atoms with E-state index in [0.29, 0.717) is 18.5 Å². The van der Waals surface area contributed by atoms with Crippen LogP contribution < -0.4 is 10.6 Å². The van der Waals surface area contributed by atoms with Crippen molar-refractivity contribution < 1.29 is 9.21 Å². The van der Waals surface area contributed by atoms with E-state index in [4.69, 9.17) is 4.42 Å². The van der Waals surface area contributed by atoms with Gasteiger partial charge in [0.1, 0.15) is 0 Å². The molecule has 1 amide bonds. The Morgan fingerprint density at radius 1 is 1.22 bits per heavy atom. The summed E-state index contributed by atoms with van der Waals surface area (Å²) < 4.78 is 5.75. The Morgan fingerprint density at radius 2 is 2.00 bits per heavy atom. The molecule has 122 valence electrons. The van der Waals surface area contributed by atoms with Crippen LogP contribution in [-0.4, -0.2) is 16.1 Å². The minimum atomic E-state index is -0.0881. The van der Waals surface area contributed by atoms with Gasteiger partial charge in [-0.25, -0.2) is 0 Å². The van der Waals surface area contributed by atoms with Crippen molar-refractivity contribution in [3.05, 3.63) is 35.7 Å². The zero-order valence-corrected chi connectivity index (χ0v) is 13.3. The average molecular weight is 314 g/mol. The summed E-state index contributed by atoms with van der Waals surface area (Å²) in [5, 5.41) is 14.2. The minimum Gasteiger partial charge on any atom is -0.408 e. The van der Waals surface area contributed by atoms with Gasteiger partial charge in [0.2, 0.25) is 11.8 Å². The highest BCUT2D eigenvalue weighted by Crippen LogP contribution is 2.32. The highest BCUT2D eigenvalue weighted by Gasteiger charge is 2.21. The summed E-state index contributed by atoms with van der Waals surface area (Å²) in [5.74, 6) is 1.05. The van der Waals surface area contributed by atoms with E-state index in [9.17, 15) is 4.79 Å². The number of carbonyl (C=O) groups is 1. The molecule has 0 bridgehead atoms. The molecule has 2 aromatic rings. The van der Waals surface area contributed by atoms with E-state index in [0.717, 1.165) is 30.0 Å². The molecule has 1 saturated carbocycles. The van der Waals surface area contributed by atoms with Crippen LogP contribution in [0.1, 0.15) is 56.4 Å². The predicted molar refractivity (Wildman–Crippen MR) is 88.2 cm³/mol. The second kappa shape index (κ2) is 7.26. The Bertz CT molecular complexity index is 662. The Kier molecular flexibility index (Phi) is 4.90. The lowest BCUT2D eigenvalue weighted by Crippen LogP contribution is -2.10. The molecular formula is C17H22N4O2. The van der Waals surface area contributed by atoms with Gasteiger partial charge in [-0.1, -0.05) is 42.6 Å². The molecular weight excluding hydrogens is 292 g/mol. The van der Waals surface area contributed by atoms with Gasteiger partial charge in [0.15, 0.2) is 0 Å². The molecule has 0 radical (unpaired) electrons. The van der Waals surface area contributed by atoms with E-state index in [1.54, 1.807) is 0 Å². The molecule has 0 unspecified atom stereocenters. The van der Waals surface area contributed by atoms with Gasteiger partial charge in [-0.05, 0) is 24.5 Å². The molecule has 23 heavy (non-hydrogen) atoms. The van der Waals surface area contributed by atoms with Crippen molar-refractivity contribution >= 4 is 17.6 Å². The molecule has 0 spiro atoms. The van der Waals surface area contributed by atoms with E-state index in [1.165, 1.54) is 26.2 Å². The number of nitrogens with zero attached hydrogens (tertiary/aromatic N) is 2. The number of rotatable bonds is 5. The van der Waals surface area contributed by atoms with Crippen molar-refractivity contribution in [2.45, 2.75) is 51.5 Å². The zero-order valence-electron chi connectivity index (χ0n) is 13.3. The van der Waals surface area contributed by atoms with Crippen LogP contribution in [0.5, 0.6) is 0 Å². The first-order valence-corrected chi connectivity index (χ1v) is 8.15. The second-order valence-corrected chi connectivity index (χ2v) is 5.97. The maximum atomic E-state index is 11.2. The van der Waals surface area contributed by atoms with Crippen molar-refractivity contribution in [3.8, 4) is 0 Å². The summed E-state index contributed by atoms with van der Waals surface area (Å²) in [6.45, 7) is 2.02. The lowest BCUT2D eigenvalue weighted by Gasteiger charge is -2.17. The van der Waals surface area contributed by atoms with Crippen molar-refractivity contribution in [2.75, 3.05) is 10.6 Å². The standard InChI is InChI=1S/C17H22N4O2/c1-12(22)19-15-10-6-5-9-14(15)11-18-17-21-20-16(23-17)13-7-3-2-4-8-13/h5-6,9-10,13H,2-4,7-8,11H2,1H3,(H,18,21)(H,19,22). The van der Waals surface area contributed by atoms with E-state index < -0.39 is 0 Å². The van der Waals surface area contributed by atoms with Gasteiger partial charge in [0.05, 0.1) is 0 Å². The van der Waals surface area contributed by atoms with Gasteiger partial charge in [0.25, 0.3) is 0 Å². The first kappa shape index (κ1) is 15.5. The number of anilines is 2. The molecule has 1 aliphatic rings. The lowest BCUT2D eigenvalue weighted by atomic mass is 9.89. The first-order valence-electron chi connectivity index (χ1n) is 8.15. The highest BCUT2D eigenvalue weighted by atomic mass is 16.4. The Balaban J connectivity index is 1.62. The number of para-hydroxylation sites is 1. The first-order chi connectivity index (χ1) is 11.2. The number of nitrogens with one attached hydrogen (secondary N) is 2. The number of carbonyl (C=O) groups excluding carboxylic acids is 1. The largest absolute Gasteiger partial charge is 0.408 e. The fraction of sp³-hybridized carbons (Fsp3) is 0.471. The van der Waals surface area contributed by atoms with Crippen molar-refractivity contribution in [1.29, 1.82) is 0 Å². The molecule has 1 aromatic carbocycles. The van der Waals surface area contributed by atoms with Crippen molar-refractivity contribution in [1.82, 2.24) is 10.2 Å². The SMILES string of the molecule is CC(=O)Nc1ccccc1CNc1nnc(C2CCCCC2)o1. The third-order valence-corrected chi connectivity index (χ3v) is 4.15. The minimum absolute atomic E-state index is 0.0881. The quantitative estimate of drug-likeness (QED) is 0.880. The fourth-order valence-electron chi connectivity index (χ4n) is 2.98. The lowest BCUT2D eigenvalue weighted by molar-refractivity contribution is -0.114. The van der Waals surface area contributed by atoms with Crippen LogP contribution in [0.4, 0.5) is 11.7 Å². The van der Waals surface area contributed by atoms with Gasteiger partial charge in [0, 0.05) is 25.1 Å². The molecule has 0 aliphatic heterocycles. The van der Waals surface area contributed by atoms with E-state index in [1.807, 2.05) is 24.3 Å².